The Morgan fingerprint density at radius 2 is 1.61 bits per heavy atom. The van der Waals surface area contributed by atoms with Crippen LogP contribution < -0.4 is 5.32 Å². The minimum atomic E-state index is -0.758. The molecule has 0 radical (unpaired) electrons. The molecule has 4 unspecified atom stereocenters. The lowest BCUT2D eigenvalue weighted by Crippen LogP contribution is -2.41. The number of aliphatic carboxylic acids is 1. The van der Waals surface area contributed by atoms with Crippen LogP contribution in [-0.2, 0) is 9.59 Å². The molecule has 3 aliphatic carbocycles. The van der Waals surface area contributed by atoms with Crippen molar-refractivity contribution in [2.75, 3.05) is 0 Å². The highest BCUT2D eigenvalue weighted by Gasteiger charge is 2.55. The van der Waals surface area contributed by atoms with E-state index >= 15 is 0 Å². The summed E-state index contributed by atoms with van der Waals surface area (Å²) in [5, 5.41) is 12.1. The molecule has 0 aliphatic heterocycles. The van der Waals surface area contributed by atoms with Gasteiger partial charge in [-0.15, -0.1) is 0 Å². The zero-order valence-corrected chi connectivity index (χ0v) is 10.6. The Hall–Kier alpha value is -1.06. The fraction of sp³-hybridized carbons (Fsp3) is 0.857. The lowest BCUT2D eigenvalue weighted by molar-refractivity contribution is -0.142. The molecule has 0 aromatic heterocycles. The molecule has 1 amide bonds. The molecule has 3 saturated carbocycles. The van der Waals surface area contributed by atoms with Crippen molar-refractivity contribution in [1.82, 2.24) is 5.32 Å². The predicted molar refractivity (Wildman–Crippen MR) is 65.8 cm³/mol. The molecule has 0 bridgehead atoms. The Morgan fingerprint density at radius 1 is 0.944 bits per heavy atom. The fourth-order valence-electron chi connectivity index (χ4n) is 4.09. The van der Waals surface area contributed by atoms with Gasteiger partial charge in [0.15, 0.2) is 0 Å². The maximum atomic E-state index is 12.2. The van der Waals surface area contributed by atoms with E-state index in [2.05, 4.69) is 5.32 Å². The van der Waals surface area contributed by atoms with Gasteiger partial charge in [-0.05, 0) is 37.5 Å². The SMILES string of the molecule is O=C(O)C1CCCC1NC(=O)C1C2CCCCC21. The smallest absolute Gasteiger partial charge is 0.308 e. The van der Waals surface area contributed by atoms with E-state index in [4.69, 9.17) is 5.11 Å². The van der Waals surface area contributed by atoms with Gasteiger partial charge in [0.25, 0.3) is 0 Å². The number of amides is 1. The van der Waals surface area contributed by atoms with Gasteiger partial charge in [-0.2, -0.15) is 0 Å². The summed E-state index contributed by atoms with van der Waals surface area (Å²) in [7, 11) is 0. The van der Waals surface area contributed by atoms with E-state index in [9.17, 15) is 9.59 Å². The lowest BCUT2D eigenvalue weighted by atomic mass is 10.0. The van der Waals surface area contributed by atoms with Crippen LogP contribution in [0.2, 0.25) is 0 Å². The molecule has 3 aliphatic rings. The van der Waals surface area contributed by atoms with Gasteiger partial charge in [-0.3, -0.25) is 9.59 Å². The van der Waals surface area contributed by atoms with Gasteiger partial charge in [0.05, 0.1) is 5.92 Å². The van der Waals surface area contributed by atoms with Crippen molar-refractivity contribution in [3.63, 3.8) is 0 Å². The van der Waals surface area contributed by atoms with E-state index in [0.717, 1.165) is 12.8 Å². The summed E-state index contributed by atoms with van der Waals surface area (Å²) in [6, 6.07) is -0.127. The molecule has 4 nitrogen and oxygen atoms in total. The quantitative estimate of drug-likeness (QED) is 0.803. The topological polar surface area (TPSA) is 66.4 Å². The summed E-state index contributed by atoms with van der Waals surface area (Å²) in [6.07, 6.45) is 7.34. The van der Waals surface area contributed by atoms with Crippen molar-refractivity contribution < 1.29 is 14.7 Å². The van der Waals surface area contributed by atoms with Gasteiger partial charge >= 0.3 is 5.97 Å². The maximum absolute atomic E-state index is 12.2. The Morgan fingerprint density at radius 3 is 2.22 bits per heavy atom. The zero-order valence-electron chi connectivity index (χ0n) is 10.6. The average molecular weight is 251 g/mol. The number of hydrogen-bond acceptors (Lipinski definition) is 2. The normalized spacial score (nSPS) is 42.1. The summed E-state index contributed by atoms with van der Waals surface area (Å²) < 4.78 is 0. The molecule has 2 N–H and O–H groups in total. The first-order chi connectivity index (χ1) is 8.68. The van der Waals surface area contributed by atoms with Gasteiger partial charge in [0.2, 0.25) is 5.91 Å². The van der Waals surface area contributed by atoms with Crippen LogP contribution in [-0.4, -0.2) is 23.0 Å². The molecule has 3 fully saturated rings. The maximum Gasteiger partial charge on any atom is 0.308 e. The molecule has 0 heterocycles. The minimum absolute atomic E-state index is 0.127. The molecule has 0 aromatic carbocycles. The Bertz CT molecular complexity index is 356. The van der Waals surface area contributed by atoms with Gasteiger partial charge < -0.3 is 10.4 Å². The first kappa shape index (κ1) is 12.0. The van der Waals surface area contributed by atoms with Crippen molar-refractivity contribution in [2.45, 2.75) is 51.0 Å². The zero-order chi connectivity index (χ0) is 12.7. The first-order valence-corrected chi connectivity index (χ1v) is 7.21. The van der Waals surface area contributed by atoms with E-state index < -0.39 is 5.97 Å². The van der Waals surface area contributed by atoms with E-state index in [1.54, 1.807) is 0 Å². The number of nitrogens with one attached hydrogen (secondary N) is 1. The molecule has 3 rings (SSSR count). The molecule has 4 atom stereocenters. The molecule has 100 valence electrons. The summed E-state index contributed by atoms with van der Waals surface area (Å²) >= 11 is 0. The van der Waals surface area contributed by atoms with Crippen LogP contribution in [0, 0.1) is 23.7 Å². The lowest BCUT2D eigenvalue weighted by Gasteiger charge is -2.17. The highest BCUT2D eigenvalue weighted by Crippen LogP contribution is 2.55. The molecular weight excluding hydrogens is 230 g/mol. The van der Waals surface area contributed by atoms with Gasteiger partial charge in [0.1, 0.15) is 0 Å². The number of hydrogen-bond donors (Lipinski definition) is 2. The number of carbonyl (C=O) groups excluding carboxylic acids is 1. The van der Waals surface area contributed by atoms with Crippen LogP contribution in [0.4, 0.5) is 0 Å². The van der Waals surface area contributed by atoms with Crippen LogP contribution in [0.5, 0.6) is 0 Å². The first-order valence-electron chi connectivity index (χ1n) is 7.21. The van der Waals surface area contributed by atoms with E-state index in [-0.39, 0.29) is 23.8 Å². The Kier molecular flexibility index (Phi) is 3.04. The highest BCUT2D eigenvalue weighted by molar-refractivity contribution is 5.83. The van der Waals surface area contributed by atoms with Crippen molar-refractivity contribution in [3.05, 3.63) is 0 Å². The monoisotopic (exact) mass is 251 g/mol. The fourth-order valence-corrected chi connectivity index (χ4v) is 4.09. The summed E-state index contributed by atoms with van der Waals surface area (Å²) in [5.74, 6) is 0.403. The third-order valence-electron chi connectivity index (χ3n) is 5.12. The second kappa shape index (κ2) is 4.56. The van der Waals surface area contributed by atoms with E-state index in [1.807, 2.05) is 0 Å². The van der Waals surface area contributed by atoms with Gasteiger partial charge in [-0.25, -0.2) is 0 Å². The van der Waals surface area contributed by atoms with E-state index in [0.29, 0.717) is 18.3 Å². The standard InChI is InChI=1S/C14H21NO3/c16-13(12-8-4-1-2-5-9(8)12)15-11-7-3-6-10(11)14(17)18/h8-12H,1-7H2,(H,15,16)(H,17,18). The van der Waals surface area contributed by atoms with Crippen LogP contribution >= 0.6 is 0 Å². The second-order valence-corrected chi connectivity index (χ2v) is 6.13. The Labute approximate surface area is 107 Å². The number of fused-ring (bicyclic) bond motifs is 1. The van der Waals surface area contributed by atoms with Gasteiger partial charge in [-0.1, -0.05) is 19.3 Å². The molecular formula is C14H21NO3. The number of rotatable bonds is 3. The third-order valence-corrected chi connectivity index (χ3v) is 5.12. The largest absolute Gasteiger partial charge is 0.481 e. The number of carbonyl (C=O) groups is 2. The predicted octanol–water partition coefficient (Wildman–Crippen LogP) is 1.79. The summed E-state index contributed by atoms with van der Waals surface area (Å²) in [5.41, 5.74) is 0. The van der Waals surface area contributed by atoms with Crippen molar-refractivity contribution >= 4 is 11.9 Å². The summed E-state index contributed by atoms with van der Waals surface area (Å²) in [6.45, 7) is 0. The molecule has 4 heteroatoms. The molecule has 18 heavy (non-hydrogen) atoms. The van der Waals surface area contributed by atoms with E-state index in [1.165, 1.54) is 25.7 Å². The Balaban J connectivity index is 1.56. The highest BCUT2D eigenvalue weighted by atomic mass is 16.4. The molecule has 0 saturated heterocycles. The molecule has 0 aromatic rings. The van der Waals surface area contributed by atoms with Crippen molar-refractivity contribution in [1.29, 1.82) is 0 Å². The summed E-state index contributed by atoms with van der Waals surface area (Å²) in [4.78, 5) is 23.3. The second-order valence-electron chi connectivity index (χ2n) is 6.13. The van der Waals surface area contributed by atoms with Crippen LogP contribution in [0.25, 0.3) is 0 Å². The number of carboxylic acids is 1. The average Bonchev–Trinajstić information content (AvgIpc) is 2.90. The van der Waals surface area contributed by atoms with Crippen molar-refractivity contribution in [2.24, 2.45) is 23.7 Å². The van der Waals surface area contributed by atoms with Crippen LogP contribution in [0.3, 0.4) is 0 Å². The van der Waals surface area contributed by atoms with Crippen LogP contribution in [0.15, 0.2) is 0 Å². The minimum Gasteiger partial charge on any atom is -0.481 e. The van der Waals surface area contributed by atoms with Gasteiger partial charge in [0, 0.05) is 12.0 Å². The molecule has 0 spiro atoms. The number of carboxylic acid groups (broad SMARTS) is 1. The van der Waals surface area contributed by atoms with Crippen LogP contribution in [0.1, 0.15) is 44.9 Å². The van der Waals surface area contributed by atoms with Crippen molar-refractivity contribution in [3.8, 4) is 0 Å². The third kappa shape index (κ3) is 2.02.